The van der Waals surface area contributed by atoms with E-state index in [-0.39, 0.29) is 10.6 Å². The van der Waals surface area contributed by atoms with Crippen molar-refractivity contribution in [3.63, 3.8) is 0 Å². The molecule has 0 amide bonds. The molecular weight excluding hydrogens is 372 g/mol. The zero-order chi connectivity index (χ0) is 19.9. The van der Waals surface area contributed by atoms with Gasteiger partial charge in [0.1, 0.15) is 5.75 Å². The second-order valence-corrected chi connectivity index (χ2v) is 8.61. The van der Waals surface area contributed by atoms with E-state index in [2.05, 4.69) is 0 Å². The van der Waals surface area contributed by atoms with Crippen molar-refractivity contribution in [1.82, 2.24) is 3.97 Å². The van der Waals surface area contributed by atoms with E-state index in [0.717, 1.165) is 16.8 Å². The first-order valence-electron chi connectivity index (χ1n) is 8.80. The van der Waals surface area contributed by atoms with E-state index >= 15 is 0 Å². The third-order valence-corrected chi connectivity index (χ3v) is 6.44. The maximum absolute atomic E-state index is 13.2. The van der Waals surface area contributed by atoms with Crippen LogP contribution in [0.25, 0.3) is 22.0 Å². The zero-order valence-corrected chi connectivity index (χ0v) is 16.4. The predicted octanol–water partition coefficient (Wildman–Crippen LogP) is 4.32. The minimum atomic E-state index is -3.76. The maximum Gasteiger partial charge on any atom is 0.268 e. The normalized spacial score (nSPS) is 11.6. The first kappa shape index (κ1) is 18.1. The monoisotopic (exact) mass is 392 g/mol. The molecule has 28 heavy (non-hydrogen) atoms. The van der Waals surface area contributed by atoms with E-state index in [1.165, 1.54) is 10.0 Å². The molecule has 0 aliphatic rings. The molecule has 0 atom stereocenters. The molecule has 6 heteroatoms. The molecule has 3 aromatic carbocycles. The largest absolute Gasteiger partial charge is 0.508 e. The Kier molecular flexibility index (Phi) is 4.35. The molecule has 0 fully saturated rings. The third kappa shape index (κ3) is 3.01. The van der Waals surface area contributed by atoms with Gasteiger partial charge in [0, 0.05) is 36.9 Å². The van der Waals surface area contributed by atoms with Gasteiger partial charge in [-0.15, -0.1) is 0 Å². The van der Waals surface area contributed by atoms with E-state index in [1.807, 2.05) is 43.3 Å². The molecule has 5 nitrogen and oxygen atoms in total. The first-order valence-corrected chi connectivity index (χ1v) is 10.2. The molecule has 0 aliphatic carbocycles. The summed E-state index contributed by atoms with van der Waals surface area (Å²) >= 11 is 0. The van der Waals surface area contributed by atoms with Gasteiger partial charge >= 0.3 is 0 Å². The van der Waals surface area contributed by atoms with Gasteiger partial charge in [-0.05, 0) is 48.0 Å². The van der Waals surface area contributed by atoms with Gasteiger partial charge in [0.15, 0.2) is 0 Å². The van der Waals surface area contributed by atoms with E-state index in [9.17, 15) is 13.5 Å². The standard InChI is InChI=1S/C22H20N2O3S/c1-23(2)17-10-8-16(9-11-17)21-15-24(22-13-12-18(25)14-20(21)22)28(26,27)19-6-4-3-5-7-19/h3-15,25H,1-2H3. The number of nitrogens with zero attached hydrogens (tertiary/aromatic N) is 2. The number of phenols is 1. The van der Waals surface area contributed by atoms with Crippen molar-refractivity contribution < 1.29 is 13.5 Å². The molecular formula is C22H20N2O3S. The van der Waals surface area contributed by atoms with E-state index in [4.69, 9.17) is 0 Å². The fourth-order valence-electron chi connectivity index (χ4n) is 3.26. The summed E-state index contributed by atoms with van der Waals surface area (Å²) in [7, 11) is 0.167. The molecule has 0 radical (unpaired) electrons. The lowest BCUT2D eigenvalue weighted by atomic mass is 10.0. The number of rotatable bonds is 4. The second kappa shape index (κ2) is 6.73. The number of aromatic nitrogens is 1. The van der Waals surface area contributed by atoms with Gasteiger partial charge < -0.3 is 10.0 Å². The zero-order valence-electron chi connectivity index (χ0n) is 15.6. The molecule has 1 aromatic heterocycles. The van der Waals surface area contributed by atoms with Crippen LogP contribution in [0.1, 0.15) is 0 Å². The summed E-state index contributed by atoms with van der Waals surface area (Å²) in [6, 6.07) is 20.9. The Labute approximate surface area is 164 Å². The van der Waals surface area contributed by atoms with Crippen molar-refractivity contribution in [2.24, 2.45) is 0 Å². The number of anilines is 1. The van der Waals surface area contributed by atoms with Gasteiger partial charge in [-0.3, -0.25) is 0 Å². The summed E-state index contributed by atoms with van der Waals surface area (Å²) in [6.07, 6.45) is 1.62. The van der Waals surface area contributed by atoms with Gasteiger partial charge in [0.2, 0.25) is 0 Å². The van der Waals surface area contributed by atoms with Gasteiger partial charge in [0.25, 0.3) is 10.0 Å². The minimum absolute atomic E-state index is 0.0912. The van der Waals surface area contributed by atoms with Crippen molar-refractivity contribution in [2.75, 3.05) is 19.0 Å². The SMILES string of the molecule is CN(C)c1ccc(-c2cn(S(=O)(=O)c3ccccc3)c3ccc(O)cc23)cc1. The van der Waals surface area contributed by atoms with Crippen molar-refractivity contribution >= 4 is 26.6 Å². The minimum Gasteiger partial charge on any atom is -0.508 e. The van der Waals surface area contributed by atoms with Gasteiger partial charge in [-0.1, -0.05) is 30.3 Å². The van der Waals surface area contributed by atoms with Crippen LogP contribution in [0.3, 0.4) is 0 Å². The quantitative estimate of drug-likeness (QED) is 0.562. The van der Waals surface area contributed by atoms with Crippen LogP contribution < -0.4 is 4.90 Å². The smallest absolute Gasteiger partial charge is 0.268 e. The predicted molar refractivity (Wildman–Crippen MR) is 112 cm³/mol. The van der Waals surface area contributed by atoms with Gasteiger partial charge in [-0.25, -0.2) is 12.4 Å². The van der Waals surface area contributed by atoms with Crippen LogP contribution in [0.4, 0.5) is 5.69 Å². The fraction of sp³-hybridized carbons (Fsp3) is 0.0909. The maximum atomic E-state index is 13.2. The van der Waals surface area contributed by atoms with E-state index in [0.29, 0.717) is 10.9 Å². The summed E-state index contributed by atoms with van der Waals surface area (Å²) in [5, 5.41) is 10.7. The molecule has 4 rings (SSSR count). The number of benzene rings is 3. The molecule has 0 spiro atoms. The number of hydrogen-bond donors (Lipinski definition) is 1. The van der Waals surface area contributed by atoms with Crippen LogP contribution in [0.2, 0.25) is 0 Å². The summed E-state index contributed by atoms with van der Waals surface area (Å²) < 4.78 is 27.7. The fourth-order valence-corrected chi connectivity index (χ4v) is 4.65. The average molecular weight is 392 g/mol. The van der Waals surface area contributed by atoms with Gasteiger partial charge in [0.05, 0.1) is 10.4 Å². The Hall–Kier alpha value is -3.25. The Balaban J connectivity index is 1.95. The molecule has 142 valence electrons. The van der Waals surface area contributed by atoms with E-state index in [1.54, 1.807) is 48.7 Å². The van der Waals surface area contributed by atoms with Crippen LogP contribution in [-0.2, 0) is 10.0 Å². The van der Waals surface area contributed by atoms with Crippen LogP contribution >= 0.6 is 0 Å². The lowest BCUT2D eigenvalue weighted by Crippen LogP contribution is -2.11. The highest BCUT2D eigenvalue weighted by atomic mass is 32.2. The molecule has 1 N–H and O–H groups in total. The molecule has 1 heterocycles. The van der Waals surface area contributed by atoms with Crippen LogP contribution in [-0.4, -0.2) is 31.6 Å². The van der Waals surface area contributed by atoms with Crippen molar-refractivity contribution in [2.45, 2.75) is 4.90 Å². The number of aromatic hydroxyl groups is 1. The number of fused-ring (bicyclic) bond motifs is 1. The number of phenolic OH excluding ortho intramolecular Hbond substituents is 1. The summed E-state index contributed by atoms with van der Waals surface area (Å²) in [5.74, 6) is 0.0912. The summed E-state index contributed by atoms with van der Waals surface area (Å²) in [5.41, 5.74) is 3.19. The van der Waals surface area contributed by atoms with Crippen LogP contribution in [0.5, 0.6) is 5.75 Å². The van der Waals surface area contributed by atoms with E-state index < -0.39 is 10.0 Å². The van der Waals surface area contributed by atoms with Crippen LogP contribution in [0.15, 0.2) is 83.9 Å². The van der Waals surface area contributed by atoms with Crippen molar-refractivity contribution in [1.29, 1.82) is 0 Å². The van der Waals surface area contributed by atoms with Crippen molar-refractivity contribution in [3.05, 3.63) is 79.0 Å². The molecule has 0 saturated carbocycles. The summed E-state index contributed by atoms with van der Waals surface area (Å²) in [6.45, 7) is 0. The molecule has 0 aliphatic heterocycles. The Morgan fingerprint density at radius 3 is 2.21 bits per heavy atom. The van der Waals surface area contributed by atoms with Crippen molar-refractivity contribution in [3.8, 4) is 16.9 Å². The molecule has 0 unspecified atom stereocenters. The third-order valence-electron chi connectivity index (χ3n) is 4.75. The topological polar surface area (TPSA) is 62.5 Å². The summed E-state index contributed by atoms with van der Waals surface area (Å²) in [4.78, 5) is 2.22. The van der Waals surface area contributed by atoms with Crippen LogP contribution in [0, 0.1) is 0 Å². The molecule has 0 bridgehead atoms. The Morgan fingerprint density at radius 2 is 1.57 bits per heavy atom. The Bertz CT molecular complexity index is 1240. The highest BCUT2D eigenvalue weighted by Gasteiger charge is 2.22. The lowest BCUT2D eigenvalue weighted by Gasteiger charge is -2.12. The molecule has 0 saturated heterocycles. The first-order chi connectivity index (χ1) is 13.4. The number of hydrogen-bond acceptors (Lipinski definition) is 4. The lowest BCUT2D eigenvalue weighted by molar-refractivity contribution is 0.476. The second-order valence-electron chi connectivity index (χ2n) is 6.80. The average Bonchev–Trinajstić information content (AvgIpc) is 3.08. The van der Waals surface area contributed by atoms with Gasteiger partial charge in [-0.2, -0.15) is 0 Å². The molecule has 4 aromatic rings. The highest BCUT2D eigenvalue weighted by molar-refractivity contribution is 7.90. The Morgan fingerprint density at radius 1 is 0.893 bits per heavy atom. The highest BCUT2D eigenvalue weighted by Crippen LogP contribution is 2.35.